The third kappa shape index (κ3) is 3.74. The zero-order valence-corrected chi connectivity index (χ0v) is 14.6. The largest absolute Gasteiger partial charge is 0.492 e. The Morgan fingerprint density at radius 1 is 1.04 bits per heavy atom. The number of amides is 1. The lowest BCUT2D eigenvalue weighted by molar-refractivity contribution is 0.0997. The van der Waals surface area contributed by atoms with Crippen LogP contribution in [0.2, 0.25) is 0 Å². The molecule has 3 aromatic rings. The molecule has 0 aliphatic carbocycles. The maximum absolute atomic E-state index is 12.5. The molecular weight excluding hydrogens is 314 g/mol. The van der Waals surface area contributed by atoms with E-state index in [2.05, 4.69) is 25.2 Å². The van der Waals surface area contributed by atoms with E-state index in [9.17, 15) is 4.79 Å². The van der Waals surface area contributed by atoms with Crippen LogP contribution in [0.5, 0.6) is 5.75 Å². The Labute approximate surface area is 147 Å². The maximum Gasteiger partial charge on any atom is 0.291 e. The smallest absolute Gasteiger partial charge is 0.291 e. The minimum atomic E-state index is -0.303. The number of nitrogens with one attached hydrogen (secondary N) is 1. The molecule has 0 bridgehead atoms. The molecule has 1 aromatic heterocycles. The van der Waals surface area contributed by atoms with Gasteiger partial charge in [-0.3, -0.25) is 4.79 Å². The molecule has 1 amide bonds. The van der Waals surface area contributed by atoms with Gasteiger partial charge >= 0.3 is 0 Å². The van der Waals surface area contributed by atoms with Crippen LogP contribution in [0.25, 0.3) is 11.3 Å². The van der Waals surface area contributed by atoms with Gasteiger partial charge in [-0.05, 0) is 62.2 Å². The highest BCUT2D eigenvalue weighted by atomic mass is 16.5. The molecule has 1 N–H and O–H groups in total. The minimum absolute atomic E-state index is 0.263. The monoisotopic (exact) mass is 335 g/mol. The predicted octanol–water partition coefficient (Wildman–Crippen LogP) is 5.21. The Morgan fingerprint density at radius 3 is 2.60 bits per heavy atom. The van der Waals surface area contributed by atoms with Crippen molar-refractivity contribution in [3.05, 3.63) is 71.5 Å². The predicted molar refractivity (Wildman–Crippen MR) is 99.2 cm³/mol. The van der Waals surface area contributed by atoms with E-state index in [0.29, 0.717) is 23.8 Å². The first-order valence-corrected chi connectivity index (χ1v) is 8.29. The highest BCUT2D eigenvalue weighted by molar-refractivity contribution is 6.03. The van der Waals surface area contributed by atoms with Crippen molar-refractivity contribution in [2.24, 2.45) is 0 Å². The summed E-state index contributed by atoms with van der Waals surface area (Å²) in [5, 5.41) is 2.84. The van der Waals surface area contributed by atoms with Gasteiger partial charge in [0, 0.05) is 5.56 Å². The number of carbonyl (C=O) groups excluding carboxylic acids is 1. The zero-order valence-electron chi connectivity index (χ0n) is 14.6. The standard InChI is InChI=1S/C21H21NO3/c1-4-24-19-8-6-5-7-17(19)22-21(23)20-12-11-18(25-20)16-10-9-14(2)15(3)13-16/h5-13H,4H2,1-3H3,(H,22,23). The molecule has 0 aliphatic rings. The first-order chi connectivity index (χ1) is 12.1. The number of hydrogen-bond donors (Lipinski definition) is 1. The molecule has 2 aromatic carbocycles. The average molecular weight is 335 g/mol. The summed E-state index contributed by atoms with van der Waals surface area (Å²) in [5.74, 6) is 1.27. The normalized spacial score (nSPS) is 10.5. The maximum atomic E-state index is 12.5. The minimum Gasteiger partial charge on any atom is -0.492 e. The number of ether oxygens (including phenoxy) is 1. The van der Waals surface area contributed by atoms with Gasteiger partial charge in [0.25, 0.3) is 5.91 Å². The molecule has 3 rings (SSSR count). The van der Waals surface area contributed by atoms with Crippen molar-refractivity contribution in [1.29, 1.82) is 0 Å². The van der Waals surface area contributed by atoms with Crippen molar-refractivity contribution < 1.29 is 13.9 Å². The second-order valence-corrected chi connectivity index (χ2v) is 5.85. The number of benzene rings is 2. The number of para-hydroxylation sites is 2. The molecule has 128 valence electrons. The molecule has 0 unspecified atom stereocenters. The molecule has 1 heterocycles. The number of aryl methyl sites for hydroxylation is 2. The fourth-order valence-electron chi connectivity index (χ4n) is 2.54. The van der Waals surface area contributed by atoms with E-state index in [4.69, 9.17) is 9.15 Å². The summed E-state index contributed by atoms with van der Waals surface area (Å²) in [7, 11) is 0. The Morgan fingerprint density at radius 2 is 1.84 bits per heavy atom. The van der Waals surface area contributed by atoms with Gasteiger partial charge in [0.05, 0.1) is 12.3 Å². The lowest BCUT2D eigenvalue weighted by Crippen LogP contribution is -2.12. The van der Waals surface area contributed by atoms with Crippen molar-refractivity contribution in [3.8, 4) is 17.1 Å². The van der Waals surface area contributed by atoms with Crippen LogP contribution in [-0.2, 0) is 0 Å². The van der Waals surface area contributed by atoms with Crippen LogP contribution in [-0.4, -0.2) is 12.5 Å². The number of rotatable bonds is 5. The molecule has 25 heavy (non-hydrogen) atoms. The van der Waals surface area contributed by atoms with E-state index in [1.807, 2.05) is 43.3 Å². The van der Waals surface area contributed by atoms with Crippen LogP contribution in [0, 0.1) is 13.8 Å². The summed E-state index contributed by atoms with van der Waals surface area (Å²) in [5.41, 5.74) is 3.99. The van der Waals surface area contributed by atoms with E-state index >= 15 is 0 Å². The van der Waals surface area contributed by atoms with Crippen LogP contribution in [0.15, 0.2) is 59.0 Å². The van der Waals surface area contributed by atoms with Crippen molar-refractivity contribution in [1.82, 2.24) is 0 Å². The Kier molecular flexibility index (Phi) is 4.89. The lowest BCUT2D eigenvalue weighted by atomic mass is 10.1. The van der Waals surface area contributed by atoms with Gasteiger partial charge in [-0.15, -0.1) is 0 Å². The fourth-order valence-corrected chi connectivity index (χ4v) is 2.54. The molecule has 0 saturated carbocycles. The molecule has 0 aliphatic heterocycles. The summed E-state index contributed by atoms with van der Waals surface area (Å²) in [4.78, 5) is 12.5. The van der Waals surface area contributed by atoms with E-state index in [1.165, 1.54) is 11.1 Å². The van der Waals surface area contributed by atoms with Crippen LogP contribution in [0.4, 0.5) is 5.69 Å². The number of hydrogen-bond acceptors (Lipinski definition) is 3. The van der Waals surface area contributed by atoms with Crippen LogP contribution in [0.1, 0.15) is 28.6 Å². The highest BCUT2D eigenvalue weighted by Crippen LogP contribution is 2.27. The summed E-state index contributed by atoms with van der Waals surface area (Å²) in [6, 6.07) is 16.9. The van der Waals surface area contributed by atoms with E-state index in [-0.39, 0.29) is 11.7 Å². The molecule has 0 radical (unpaired) electrons. The second kappa shape index (κ2) is 7.26. The molecule has 4 heteroatoms. The third-order valence-corrected chi connectivity index (χ3v) is 4.06. The molecule has 4 nitrogen and oxygen atoms in total. The van der Waals surface area contributed by atoms with Gasteiger partial charge in [-0.1, -0.05) is 24.3 Å². The van der Waals surface area contributed by atoms with Crippen LogP contribution < -0.4 is 10.1 Å². The summed E-state index contributed by atoms with van der Waals surface area (Å²) in [6.45, 7) is 6.56. The topological polar surface area (TPSA) is 51.5 Å². The average Bonchev–Trinajstić information content (AvgIpc) is 3.09. The number of carbonyl (C=O) groups is 1. The zero-order chi connectivity index (χ0) is 17.8. The fraction of sp³-hybridized carbons (Fsp3) is 0.190. The van der Waals surface area contributed by atoms with Crippen molar-refractivity contribution >= 4 is 11.6 Å². The molecule has 0 saturated heterocycles. The molecule has 0 spiro atoms. The van der Waals surface area contributed by atoms with E-state index < -0.39 is 0 Å². The van der Waals surface area contributed by atoms with Gasteiger partial charge in [0.15, 0.2) is 5.76 Å². The van der Waals surface area contributed by atoms with Gasteiger partial charge in [-0.25, -0.2) is 0 Å². The molecule has 0 fully saturated rings. The Balaban J connectivity index is 1.80. The Hall–Kier alpha value is -3.01. The summed E-state index contributed by atoms with van der Waals surface area (Å²) in [6.07, 6.45) is 0. The van der Waals surface area contributed by atoms with Gasteiger partial charge < -0.3 is 14.5 Å². The summed E-state index contributed by atoms with van der Waals surface area (Å²) >= 11 is 0. The SMILES string of the molecule is CCOc1ccccc1NC(=O)c1ccc(-c2ccc(C)c(C)c2)o1. The van der Waals surface area contributed by atoms with Gasteiger partial charge in [-0.2, -0.15) is 0 Å². The van der Waals surface area contributed by atoms with Gasteiger partial charge in [0.1, 0.15) is 11.5 Å². The number of furan rings is 1. The van der Waals surface area contributed by atoms with E-state index in [0.717, 1.165) is 5.56 Å². The lowest BCUT2D eigenvalue weighted by Gasteiger charge is -2.10. The molecular formula is C21H21NO3. The van der Waals surface area contributed by atoms with Gasteiger partial charge in [0.2, 0.25) is 0 Å². The highest BCUT2D eigenvalue weighted by Gasteiger charge is 2.14. The first-order valence-electron chi connectivity index (χ1n) is 8.29. The van der Waals surface area contributed by atoms with Crippen molar-refractivity contribution in [2.45, 2.75) is 20.8 Å². The van der Waals surface area contributed by atoms with Crippen molar-refractivity contribution in [3.63, 3.8) is 0 Å². The second-order valence-electron chi connectivity index (χ2n) is 5.85. The number of anilines is 1. The quantitative estimate of drug-likeness (QED) is 0.696. The van der Waals surface area contributed by atoms with Crippen LogP contribution >= 0.6 is 0 Å². The summed E-state index contributed by atoms with van der Waals surface area (Å²) < 4.78 is 11.3. The first kappa shape index (κ1) is 16.8. The Bertz CT molecular complexity index is 896. The third-order valence-electron chi connectivity index (χ3n) is 4.06. The van der Waals surface area contributed by atoms with Crippen LogP contribution in [0.3, 0.4) is 0 Å². The van der Waals surface area contributed by atoms with E-state index in [1.54, 1.807) is 12.1 Å². The molecule has 0 atom stereocenters. The van der Waals surface area contributed by atoms with Crippen molar-refractivity contribution in [2.75, 3.05) is 11.9 Å².